The van der Waals surface area contributed by atoms with Crippen LogP contribution in [0.1, 0.15) is 61.7 Å². The molecule has 0 bridgehead atoms. The highest BCUT2D eigenvalue weighted by atomic mass is 35.5. The molecule has 1 unspecified atom stereocenters. The number of methoxy groups -OCH3 is 1. The summed E-state index contributed by atoms with van der Waals surface area (Å²) in [6.07, 6.45) is 0.179. The summed E-state index contributed by atoms with van der Waals surface area (Å²) in [4.78, 5) is 34.3. The zero-order valence-corrected chi connectivity index (χ0v) is 23.7. The Hall–Kier alpha value is -2.36. The Bertz CT molecular complexity index is 1070. The van der Waals surface area contributed by atoms with Crippen LogP contribution in [0.4, 0.5) is 0 Å². The number of aryl methyl sites for hydroxylation is 1. The SMILES string of the molecule is CC(=O)OC(C)(C)C.COC(=O)[C@H](CN)NC(=O)c1c(Cl)cc(CCC(O)c2cccc(Cl)c2)cc1Cl. The second kappa shape index (κ2) is 15.1. The number of halogens is 3. The van der Waals surface area contributed by atoms with Gasteiger partial charge in [0, 0.05) is 18.5 Å². The van der Waals surface area contributed by atoms with E-state index in [1.165, 1.54) is 14.0 Å². The van der Waals surface area contributed by atoms with Crippen molar-refractivity contribution >= 4 is 52.6 Å². The van der Waals surface area contributed by atoms with E-state index in [0.29, 0.717) is 23.4 Å². The molecule has 204 valence electrons. The van der Waals surface area contributed by atoms with E-state index in [1.54, 1.807) is 36.4 Å². The number of esters is 2. The van der Waals surface area contributed by atoms with Gasteiger partial charge >= 0.3 is 11.9 Å². The molecule has 0 saturated heterocycles. The molecule has 2 aromatic rings. The fourth-order valence-electron chi connectivity index (χ4n) is 3.19. The first kappa shape index (κ1) is 32.7. The molecular formula is C26H33Cl3N2O6. The highest BCUT2D eigenvalue weighted by Crippen LogP contribution is 2.29. The molecule has 0 spiro atoms. The summed E-state index contributed by atoms with van der Waals surface area (Å²) in [5, 5.41) is 13.6. The van der Waals surface area contributed by atoms with Crippen LogP contribution in [0.2, 0.25) is 15.1 Å². The first-order chi connectivity index (χ1) is 17.2. The van der Waals surface area contributed by atoms with Crippen molar-refractivity contribution in [2.45, 2.75) is 58.3 Å². The predicted octanol–water partition coefficient (Wildman–Crippen LogP) is 4.89. The van der Waals surface area contributed by atoms with Crippen molar-refractivity contribution in [1.82, 2.24) is 5.32 Å². The molecule has 2 rings (SSSR count). The summed E-state index contributed by atoms with van der Waals surface area (Å²) in [5.74, 6) is -1.52. The smallest absolute Gasteiger partial charge is 0.329 e. The molecule has 2 atom stereocenters. The molecule has 2 aromatic carbocycles. The fraction of sp³-hybridized carbons (Fsp3) is 0.423. The highest BCUT2D eigenvalue weighted by Gasteiger charge is 2.24. The molecule has 0 aliphatic heterocycles. The molecule has 0 heterocycles. The Labute approximate surface area is 232 Å². The van der Waals surface area contributed by atoms with E-state index in [-0.39, 0.29) is 33.7 Å². The number of amides is 1. The molecule has 0 saturated carbocycles. The number of nitrogens with two attached hydrogens (primary N) is 1. The second-order valence-electron chi connectivity index (χ2n) is 9.03. The van der Waals surface area contributed by atoms with Gasteiger partial charge in [-0.1, -0.05) is 46.9 Å². The number of aliphatic hydroxyl groups is 1. The third-order valence-electron chi connectivity index (χ3n) is 4.75. The summed E-state index contributed by atoms with van der Waals surface area (Å²) in [6.45, 7) is 6.80. The van der Waals surface area contributed by atoms with Gasteiger partial charge in [0.25, 0.3) is 5.91 Å². The van der Waals surface area contributed by atoms with Gasteiger partial charge in [-0.25, -0.2) is 4.79 Å². The van der Waals surface area contributed by atoms with Gasteiger partial charge in [0.1, 0.15) is 11.6 Å². The Kier molecular flexibility index (Phi) is 13.4. The first-order valence-electron chi connectivity index (χ1n) is 11.4. The van der Waals surface area contributed by atoms with Crippen molar-refractivity contribution in [2.24, 2.45) is 5.73 Å². The van der Waals surface area contributed by atoms with Crippen LogP contribution < -0.4 is 11.1 Å². The molecule has 11 heteroatoms. The van der Waals surface area contributed by atoms with Crippen LogP contribution in [0.25, 0.3) is 0 Å². The minimum atomic E-state index is -1.01. The van der Waals surface area contributed by atoms with Gasteiger partial charge in [-0.05, 0) is 69.0 Å². The van der Waals surface area contributed by atoms with Crippen LogP contribution in [0.15, 0.2) is 36.4 Å². The number of rotatable bonds is 8. The number of ether oxygens (including phenoxy) is 2. The largest absolute Gasteiger partial charge is 0.467 e. The van der Waals surface area contributed by atoms with E-state index in [1.807, 2.05) is 20.8 Å². The molecule has 0 radical (unpaired) electrons. The highest BCUT2D eigenvalue weighted by molar-refractivity contribution is 6.39. The van der Waals surface area contributed by atoms with E-state index >= 15 is 0 Å². The number of hydrogen-bond acceptors (Lipinski definition) is 7. The molecule has 0 fully saturated rings. The normalized spacial score (nSPS) is 12.5. The molecule has 1 amide bonds. The van der Waals surface area contributed by atoms with Crippen molar-refractivity contribution in [3.63, 3.8) is 0 Å². The van der Waals surface area contributed by atoms with Crippen molar-refractivity contribution in [3.8, 4) is 0 Å². The number of carbonyl (C=O) groups excluding carboxylic acids is 3. The van der Waals surface area contributed by atoms with Crippen molar-refractivity contribution in [1.29, 1.82) is 0 Å². The molecule has 8 nitrogen and oxygen atoms in total. The lowest BCUT2D eigenvalue weighted by Gasteiger charge is -2.17. The summed E-state index contributed by atoms with van der Waals surface area (Å²) in [5.41, 5.74) is 6.66. The Morgan fingerprint density at radius 1 is 1.08 bits per heavy atom. The maximum absolute atomic E-state index is 12.5. The molecular weight excluding hydrogens is 543 g/mol. The van der Waals surface area contributed by atoms with Gasteiger partial charge in [0.15, 0.2) is 0 Å². The Morgan fingerprint density at radius 2 is 1.68 bits per heavy atom. The Balaban J connectivity index is 0.000000738. The predicted molar refractivity (Wildman–Crippen MR) is 145 cm³/mol. The summed E-state index contributed by atoms with van der Waals surface area (Å²) in [7, 11) is 1.20. The zero-order chi connectivity index (χ0) is 28.3. The summed E-state index contributed by atoms with van der Waals surface area (Å²) in [6, 6.07) is 9.19. The van der Waals surface area contributed by atoms with Crippen molar-refractivity contribution < 1.29 is 29.0 Å². The van der Waals surface area contributed by atoms with Gasteiger partial charge in [-0.15, -0.1) is 0 Å². The van der Waals surface area contributed by atoms with E-state index in [2.05, 4.69) is 10.1 Å². The van der Waals surface area contributed by atoms with Crippen molar-refractivity contribution in [2.75, 3.05) is 13.7 Å². The van der Waals surface area contributed by atoms with Gasteiger partial charge < -0.3 is 25.6 Å². The average Bonchev–Trinajstić information content (AvgIpc) is 2.78. The maximum Gasteiger partial charge on any atom is 0.329 e. The van der Waals surface area contributed by atoms with E-state index in [9.17, 15) is 19.5 Å². The van der Waals surface area contributed by atoms with Crippen LogP contribution in [0.5, 0.6) is 0 Å². The number of hydrogen-bond donors (Lipinski definition) is 3. The maximum atomic E-state index is 12.5. The third-order valence-corrected chi connectivity index (χ3v) is 5.58. The second-order valence-corrected chi connectivity index (χ2v) is 10.3. The number of benzene rings is 2. The van der Waals surface area contributed by atoms with Gasteiger partial charge in [0.05, 0.1) is 28.8 Å². The van der Waals surface area contributed by atoms with E-state index in [4.69, 9.17) is 45.3 Å². The monoisotopic (exact) mass is 574 g/mol. The van der Waals surface area contributed by atoms with E-state index in [0.717, 1.165) is 5.56 Å². The average molecular weight is 576 g/mol. The van der Waals surface area contributed by atoms with Crippen LogP contribution in [0.3, 0.4) is 0 Å². The van der Waals surface area contributed by atoms with Crippen LogP contribution >= 0.6 is 34.8 Å². The third kappa shape index (κ3) is 11.7. The molecule has 0 aliphatic carbocycles. The quantitative estimate of drug-likeness (QED) is 0.382. The standard InChI is InChI=1S/C20H21Cl3N2O4.C6H12O2/c1-29-20(28)16(10-24)25-19(27)18-14(22)7-11(8-15(18)23)5-6-17(26)12-3-2-4-13(21)9-12;1-5(7)8-6(2,3)4/h2-4,7-9,16-17,26H,5-6,10,24H2,1H3,(H,25,27);1-4H3/t16-,17?;/m0./s1. The van der Waals surface area contributed by atoms with Crippen LogP contribution in [0, 0.1) is 0 Å². The topological polar surface area (TPSA) is 128 Å². The van der Waals surface area contributed by atoms with E-state index < -0.39 is 24.0 Å². The lowest BCUT2D eigenvalue weighted by Crippen LogP contribution is -2.46. The van der Waals surface area contributed by atoms with Crippen molar-refractivity contribution in [3.05, 3.63) is 68.2 Å². The number of aliphatic hydroxyl groups excluding tert-OH is 1. The zero-order valence-electron chi connectivity index (χ0n) is 21.4. The van der Waals surface area contributed by atoms with Crippen LogP contribution in [-0.4, -0.2) is 48.2 Å². The first-order valence-corrected chi connectivity index (χ1v) is 12.5. The summed E-state index contributed by atoms with van der Waals surface area (Å²) < 4.78 is 9.38. The Morgan fingerprint density at radius 3 is 2.11 bits per heavy atom. The molecule has 37 heavy (non-hydrogen) atoms. The fourth-order valence-corrected chi connectivity index (χ4v) is 4.09. The van der Waals surface area contributed by atoms with Gasteiger partial charge in [-0.3, -0.25) is 9.59 Å². The molecule has 0 aromatic heterocycles. The molecule has 4 N–H and O–H groups in total. The van der Waals surface area contributed by atoms with Gasteiger partial charge in [-0.2, -0.15) is 0 Å². The van der Waals surface area contributed by atoms with Crippen LogP contribution in [-0.2, 0) is 25.5 Å². The number of nitrogens with one attached hydrogen (secondary N) is 1. The molecule has 0 aliphatic rings. The minimum Gasteiger partial charge on any atom is -0.467 e. The lowest BCUT2D eigenvalue weighted by molar-refractivity contribution is -0.152. The number of carbonyl (C=O) groups is 3. The van der Waals surface area contributed by atoms with Gasteiger partial charge in [0.2, 0.25) is 0 Å². The minimum absolute atomic E-state index is 0.0369. The summed E-state index contributed by atoms with van der Waals surface area (Å²) >= 11 is 18.4. The lowest BCUT2D eigenvalue weighted by atomic mass is 10.0.